The van der Waals surface area contributed by atoms with E-state index in [0.29, 0.717) is 6.42 Å². The van der Waals surface area contributed by atoms with Gasteiger partial charge in [0, 0.05) is 18.9 Å². The minimum Gasteiger partial charge on any atom is -0.316 e. The van der Waals surface area contributed by atoms with Gasteiger partial charge in [-0.15, -0.1) is 0 Å². The van der Waals surface area contributed by atoms with Gasteiger partial charge in [0.15, 0.2) is 0 Å². The molecule has 2 rings (SSSR count). The summed E-state index contributed by atoms with van der Waals surface area (Å²) in [5, 5.41) is 3.32. The van der Waals surface area contributed by atoms with E-state index in [1.54, 1.807) is 6.92 Å². The van der Waals surface area contributed by atoms with E-state index in [2.05, 4.69) is 31.3 Å². The van der Waals surface area contributed by atoms with Crippen LogP contribution in [0.5, 0.6) is 0 Å². The summed E-state index contributed by atoms with van der Waals surface area (Å²) in [4.78, 5) is 0. The summed E-state index contributed by atoms with van der Waals surface area (Å²) in [6.45, 7) is 7.79. The van der Waals surface area contributed by atoms with Gasteiger partial charge >= 0.3 is 0 Å². The Morgan fingerprint density at radius 1 is 1.33 bits per heavy atom. The standard InChI is InChI=1S/C16H24FN/c1-12-6-4-7-13(2)15(12)10-16(3,17)14-8-5-9-18-11-14/h4,6-7,14,18H,5,8-11H2,1-3H3. The SMILES string of the molecule is Cc1cccc(C)c1CC(C)(F)C1CCCNC1. The summed E-state index contributed by atoms with van der Waals surface area (Å²) in [6.07, 6.45) is 2.64. The molecule has 1 heterocycles. The minimum atomic E-state index is -1.11. The second-order valence-electron chi connectivity index (χ2n) is 5.87. The summed E-state index contributed by atoms with van der Waals surface area (Å²) < 4.78 is 15.0. The molecular formula is C16H24FN. The van der Waals surface area contributed by atoms with E-state index in [-0.39, 0.29) is 5.92 Å². The van der Waals surface area contributed by atoms with Gasteiger partial charge in [0.05, 0.1) is 0 Å². The highest BCUT2D eigenvalue weighted by Gasteiger charge is 2.35. The molecule has 0 amide bonds. The first kappa shape index (κ1) is 13.5. The second kappa shape index (κ2) is 5.40. The molecule has 0 spiro atoms. The highest BCUT2D eigenvalue weighted by Crippen LogP contribution is 2.32. The quantitative estimate of drug-likeness (QED) is 0.863. The molecule has 1 nitrogen and oxygen atoms in total. The Morgan fingerprint density at radius 2 is 2.00 bits per heavy atom. The third kappa shape index (κ3) is 2.92. The monoisotopic (exact) mass is 249 g/mol. The Hall–Kier alpha value is -0.890. The number of hydrogen-bond donors (Lipinski definition) is 1. The van der Waals surface area contributed by atoms with Crippen LogP contribution in [0, 0.1) is 19.8 Å². The van der Waals surface area contributed by atoms with Crippen LogP contribution in [0.1, 0.15) is 36.5 Å². The minimum absolute atomic E-state index is 0.144. The number of piperidine rings is 1. The Morgan fingerprint density at radius 3 is 2.56 bits per heavy atom. The van der Waals surface area contributed by atoms with E-state index >= 15 is 0 Å². The van der Waals surface area contributed by atoms with Crippen LogP contribution in [0.3, 0.4) is 0 Å². The largest absolute Gasteiger partial charge is 0.316 e. The van der Waals surface area contributed by atoms with Crippen molar-refractivity contribution in [2.45, 2.75) is 45.7 Å². The Balaban J connectivity index is 2.16. The maximum atomic E-state index is 15.0. The van der Waals surface area contributed by atoms with Crippen molar-refractivity contribution in [2.75, 3.05) is 13.1 Å². The lowest BCUT2D eigenvalue weighted by Gasteiger charge is -2.34. The summed E-state index contributed by atoms with van der Waals surface area (Å²) in [7, 11) is 0. The first-order chi connectivity index (χ1) is 8.50. The van der Waals surface area contributed by atoms with Gasteiger partial charge in [-0.25, -0.2) is 4.39 Å². The summed E-state index contributed by atoms with van der Waals surface area (Å²) >= 11 is 0. The lowest BCUT2D eigenvalue weighted by Crippen LogP contribution is -2.43. The fraction of sp³-hybridized carbons (Fsp3) is 0.625. The van der Waals surface area contributed by atoms with Crippen LogP contribution in [-0.4, -0.2) is 18.8 Å². The second-order valence-corrected chi connectivity index (χ2v) is 5.87. The van der Waals surface area contributed by atoms with Gasteiger partial charge in [-0.1, -0.05) is 18.2 Å². The van der Waals surface area contributed by atoms with Crippen molar-refractivity contribution in [3.8, 4) is 0 Å². The molecule has 1 aliphatic rings. The topological polar surface area (TPSA) is 12.0 Å². The van der Waals surface area contributed by atoms with Crippen molar-refractivity contribution in [2.24, 2.45) is 5.92 Å². The van der Waals surface area contributed by atoms with E-state index in [1.807, 2.05) is 6.07 Å². The molecule has 1 fully saturated rings. The predicted octanol–water partition coefficient (Wildman–Crippen LogP) is 3.57. The maximum Gasteiger partial charge on any atom is 0.116 e. The molecule has 0 bridgehead atoms. The zero-order chi connectivity index (χ0) is 13.2. The highest BCUT2D eigenvalue weighted by atomic mass is 19.1. The molecule has 1 aromatic rings. The van der Waals surface area contributed by atoms with Crippen LogP contribution < -0.4 is 5.32 Å². The van der Waals surface area contributed by atoms with Crippen molar-refractivity contribution in [1.29, 1.82) is 0 Å². The summed E-state index contributed by atoms with van der Waals surface area (Å²) in [5.41, 5.74) is 2.50. The summed E-state index contributed by atoms with van der Waals surface area (Å²) in [5.74, 6) is 0.144. The third-order valence-corrected chi connectivity index (χ3v) is 4.31. The van der Waals surface area contributed by atoms with Crippen LogP contribution >= 0.6 is 0 Å². The Kier molecular flexibility index (Phi) is 4.06. The molecule has 1 N–H and O–H groups in total. The molecule has 2 unspecified atom stereocenters. The van der Waals surface area contributed by atoms with Gasteiger partial charge in [0.2, 0.25) is 0 Å². The molecule has 2 atom stereocenters. The van der Waals surface area contributed by atoms with E-state index in [1.165, 1.54) is 16.7 Å². The number of hydrogen-bond acceptors (Lipinski definition) is 1. The smallest absolute Gasteiger partial charge is 0.116 e. The van der Waals surface area contributed by atoms with Crippen molar-refractivity contribution in [3.05, 3.63) is 34.9 Å². The number of benzene rings is 1. The molecule has 18 heavy (non-hydrogen) atoms. The molecule has 0 aliphatic carbocycles. The third-order valence-electron chi connectivity index (χ3n) is 4.31. The zero-order valence-corrected chi connectivity index (χ0v) is 11.7. The predicted molar refractivity (Wildman–Crippen MR) is 74.7 cm³/mol. The number of nitrogens with one attached hydrogen (secondary N) is 1. The normalized spacial score (nSPS) is 23.7. The lowest BCUT2D eigenvalue weighted by atomic mass is 9.79. The van der Waals surface area contributed by atoms with Gasteiger partial charge in [-0.3, -0.25) is 0 Å². The van der Waals surface area contributed by atoms with Crippen LogP contribution in [0.2, 0.25) is 0 Å². The van der Waals surface area contributed by atoms with Gasteiger partial charge in [0.1, 0.15) is 5.67 Å². The van der Waals surface area contributed by atoms with Crippen LogP contribution in [0.15, 0.2) is 18.2 Å². The first-order valence-electron chi connectivity index (χ1n) is 6.95. The Labute approximate surface area is 110 Å². The van der Waals surface area contributed by atoms with Gasteiger partial charge < -0.3 is 5.32 Å². The van der Waals surface area contributed by atoms with E-state index < -0.39 is 5.67 Å². The lowest BCUT2D eigenvalue weighted by molar-refractivity contribution is 0.0830. The van der Waals surface area contributed by atoms with Crippen LogP contribution in [-0.2, 0) is 6.42 Å². The van der Waals surface area contributed by atoms with E-state index in [9.17, 15) is 4.39 Å². The maximum absolute atomic E-state index is 15.0. The van der Waals surface area contributed by atoms with Gasteiger partial charge in [-0.05, 0) is 56.8 Å². The fourth-order valence-electron chi connectivity index (χ4n) is 2.98. The molecule has 0 aromatic heterocycles. The van der Waals surface area contributed by atoms with Gasteiger partial charge in [-0.2, -0.15) is 0 Å². The molecule has 100 valence electrons. The molecule has 2 heteroatoms. The number of aryl methyl sites for hydroxylation is 2. The van der Waals surface area contributed by atoms with E-state index in [0.717, 1.165) is 25.9 Å². The van der Waals surface area contributed by atoms with Crippen molar-refractivity contribution >= 4 is 0 Å². The zero-order valence-electron chi connectivity index (χ0n) is 11.7. The molecular weight excluding hydrogens is 225 g/mol. The molecule has 1 aromatic carbocycles. The highest BCUT2D eigenvalue weighted by molar-refractivity contribution is 5.34. The van der Waals surface area contributed by atoms with Crippen LogP contribution in [0.25, 0.3) is 0 Å². The van der Waals surface area contributed by atoms with Crippen molar-refractivity contribution < 1.29 is 4.39 Å². The van der Waals surface area contributed by atoms with Crippen molar-refractivity contribution in [3.63, 3.8) is 0 Å². The molecule has 1 aliphatic heterocycles. The number of rotatable bonds is 3. The molecule has 1 saturated heterocycles. The van der Waals surface area contributed by atoms with Crippen LogP contribution in [0.4, 0.5) is 4.39 Å². The molecule has 0 saturated carbocycles. The summed E-state index contributed by atoms with van der Waals surface area (Å²) in [6, 6.07) is 6.21. The number of alkyl halides is 1. The Bertz CT molecular complexity index is 385. The average molecular weight is 249 g/mol. The first-order valence-corrected chi connectivity index (χ1v) is 6.95. The van der Waals surface area contributed by atoms with Crippen molar-refractivity contribution in [1.82, 2.24) is 5.32 Å². The molecule has 0 radical (unpaired) electrons. The average Bonchev–Trinajstić information content (AvgIpc) is 2.35. The fourth-order valence-corrected chi connectivity index (χ4v) is 2.98. The number of halogens is 1. The van der Waals surface area contributed by atoms with Gasteiger partial charge in [0.25, 0.3) is 0 Å². The van der Waals surface area contributed by atoms with E-state index in [4.69, 9.17) is 0 Å².